The normalized spacial score (nSPS) is 15.4. The van der Waals surface area contributed by atoms with Crippen LogP contribution in [0.15, 0.2) is 0 Å². The van der Waals surface area contributed by atoms with Gasteiger partial charge in [-0.3, -0.25) is 4.79 Å². The molecule has 7 nitrogen and oxygen atoms in total. The lowest BCUT2D eigenvalue weighted by atomic mass is 10.2. The summed E-state index contributed by atoms with van der Waals surface area (Å²) in [5.41, 5.74) is 0.905. The molecule has 0 aromatic carbocycles. The maximum Gasteiger partial charge on any atom is 0.239 e. The van der Waals surface area contributed by atoms with E-state index in [-0.39, 0.29) is 5.91 Å². The number of ether oxygens (including phenoxy) is 2. The molecule has 1 N–H and O–H groups in total. The van der Waals surface area contributed by atoms with Gasteiger partial charge in [-0.2, -0.15) is 0 Å². The molecule has 1 fully saturated rings. The van der Waals surface area contributed by atoms with E-state index in [1.165, 1.54) is 6.92 Å². The number of carbonyl (C=O) groups excluding carboxylic acids is 1. The molecule has 0 aliphatic carbocycles. The van der Waals surface area contributed by atoms with E-state index in [4.69, 9.17) is 9.47 Å². The predicted molar refractivity (Wildman–Crippen MR) is 70.3 cm³/mol. The van der Waals surface area contributed by atoms with Crippen LogP contribution in [0.1, 0.15) is 12.5 Å². The first kappa shape index (κ1) is 13.7. The van der Waals surface area contributed by atoms with Crippen molar-refractivity contribution in [2.45, 2.75) is 13.5 Å². The summed E-state index contributed by atoms with van der Waals surface area (Å²) in [5, 5.41) is 7.14. The molecule has 1 saturated heterocycles. The quantitative estimate of drug-likeness (QED) is 0.826. The van der Waals surface area contributed by atoms with Crippen molar-refractivity contribution in [3.63, 3.8) is 0 Å². The fraction of sp³-hybridized carbons (Fsp3) is 0.667. The summed E-state index contributed by atoms with van der Waals surface area (Å²) in [6.45, 7) is 4.95. The highest BCUT2D eigenvalue weighted by atomic mass is 16.5. The van der Waals surface area contributed by atoms with Crippen molar-refractivity contribution in [3.8, 4) is 5.88 Å². The van der Waals surface area contributed by atoms with E-state index in [9.17, 15) is 4.79 Å². The molecule has 0 unspecified atom stereocenters. The zero-order valence-corrected chi connectivity index (χ0v) is 11.6. The second kappa shape index (κ2) is 5.92. The molecule has 19 heavy (non-hydrogen) atoms. The number of morpholine rings is 1. The molecule has 106 valence electrons. The molecular formula is C12H20N4O3. The van der Waals surface area contributed by atoms with Gasteiger partial charge in [0.05, 0.1) is 32.4 Å². The summed E-state index contributed by atoms with van der Waals surface area (Å²) in [5.74, 6) is 1.46. The van der Waals surface area contributed by atoms with Crippen LogP contribution in [0.3, 0.4) is 0 Å². The first-order chi connectivity index (χ1) is 9.13. The fourth-order valence-corrected chi connectivity index (χ4v) is 2.24. The van der Waals surface area contributed by atoms with Gasteiger partial charge in [-0.25, -0.2) is 4.68 Å². The fourth-order valence-electron chi connectivity index (χ4n) is 2.24. The maximum absolute atomic E-state index is 11.1. The molecule has 0 atom stereocenters. The van der Waals surface area contributed by atoms with Crippen LogP contribution in [0.4, 0.5) is 5.82 Å². The predicted octanol–water partition coefficient (Wildman–Crippen LogP) is -0.0986. The molecule has 0 saturated carbocycles. The van der Waals surface area contributed by atoms with E-state index in [1.807, 2.05) is 7.05 Å². The maximum atomic E-state index is 11.1. The molecule has 1 aromatic heterocycles. The van der Waals surface area contributed by atoms with Crippen LogP contribution >= 0.6 is 0 Å². The van der Waals surface area contributed by atoms with Gasteiger partial charge in [0.1, 0.15) is 5.82 Å². The molecule has 1 aliphatic heterocycles. The number of amides is 1. The summed E-state index contributed by atoms with van der Waals surface area (Å²) >= 11 is 0. The summed E-state index contributed by atoms with van der Waals surface area (Å²) in [4.78, 5) is 13.3. The standard InChI is InChI=1S/C12H20N4O3/c1-9(17)13-8-10-11(18-3)14-15(2)12(10)16-4-6-19-7-5-16/h4-8H2,1-3H3,(H,13,17). The number of hydrogen-bond donors (Lipinski definition) is 1. The van der Waals surface area contributed by atoms with E-state index in [0.717, 1.165) is 24.5 Å². The van der Waals surface area contributed by atoms with Crippen molar-refractivity contribution in [3.05, 3.63) is 5.56 Å². The van der Waals surface area contributed by atoms with Crippen LogP contribution in [0, 0.1) is 0 Å². The van der Waals surface area contributed by atoms with Crippen LogP contribution in [0.2, 0.25) is 0 Å². The number of nitrogens with one attached hydrogen (secondary N) is 1. The van der Waals surface area contributed by atoms with E-state index in [2.05, 4.69) is 15.3 Å². The lowest BCUT2D eigenvalue weighted by molar-refractivity contribution is -0.119. The summed E-state index contributed by atoms with van der Waals surface area (Å²) in [6.07, 6.45) is 0. The minimum atomic E-state index is -0.0705. The van der Waals surface area contributed by atoms with Crippen molar-refractivity contribution < 1.29 is 14.3 Å². The number of anilines is 1. The van der Waals surface area contributed by atoms with E-state index in [1.54, 1.807) is 11.8 Å². The molecular weight excluding hydrogens is 248 g/mol. The number of carbonyl (C=O) groups is 1. The van der Waals surface area contributed by atoms with E-state index < -0.39 is 0 Å². The Morgan fingerprint density at radius 1 is 1.47 bits per heavy atom. The molecule has 1 amide bonds. The highest BCUT2D eigenvalue weighted by Crippen LogP contribution is 2.29. The molecule has 2 heterocycles. The molecule has 0 bridgehead atoms. The minimum Gasteiger partial charge on any atom is -0.480 e. The van der Waals surface area contributed by atoms with E-state index >= 15 is 0 Å². The number of methoxy groups -OCH3 is 1. The van der Waals surface area contributed by atoms with Gasteiger partial charge in [-0.15, -0.1) is 5.10 Å². The monoisotopic (exact) mass is 268 g/mol. The molecule has 0 radical (unpaired) electrons. The number of aryl methyl sites for hydroxylation is 1. The molecule has 1 aliphatic rings. The zero-order chi connectivity index (χ0) is 13.8. The second-order valence-electron chi connectivity index (χ2n) is 4.44. The molecule has 1 aromatic rings. The molecule has 0 spiro atoms. The van der Waals surface area contributed by atoms with Gasteiger partial charge >= 0.3 is 0 Å². The summed E-state index contributed by atoms with van der Waals surface area (Å²) in [6, 6.07) is 0. The number of hydrogen-bond acceptors (Lipinski definition) is 5. The Morgan fingerprint density at radius 3 is 2.74 bits per heavy atom. The third-order valence-corrected chi connectivity index (χ3v) is 3.09. The van der Waals surface area contributed by atoms with Gasteiger partial charge < -0.3 is 19.7 Å². The van der Waals surface area contributed by atoms with Crippen molar-refractivity contribution in [1.29, 1.82) is 0 Å². The summed E-state index contributed by atoms with van der Waals surface area (Å²) in [7, 11) is 3.47. The SMILES string of the molecule is COc1nn(C)c(N2CCOCC2)c1CNC(C)=O. The van der Waals surface area contributed by atoms with Gasteiger partial charge in [0.25, 0.3) is 0 Å². The van der Waals surface area contributed by atoms with Gasteiger partial charge in [-0.1, -0.05) is 0 Å². The largest absolute Gasteiger partial charge is 0.480 e. The third-order valence-electron chi connectivity index (χ3n) is 3.09. The minimum absolute atomic E-state index is 0.0705. The smallest absolute Gasteiger partial charge is 0.239 e. The third kappa shape index (κ3) is 2.98. The lowest BCUT2D eigenvalue weighted by Gasteiger charge is -2.29. The highest BCUT2D eigenvalue weighted by molar-refractivity contribution is 5.73. The second-order valence-corrected chi connectivity index (χ2v) is 4.44. The van der Waals surface area contributed by atoms with Crippen molar-refractivity contribution in [2.24, 2.45) is 7.05 Å². The first-order valence-corrected chi connectivity index (χ1v) is 6.30. The van der Waals surface area contributed by atoms with Crippen LogP contribution in [0.5, 0.6) is 5.88 Å². The van der Waals surface area contributed by atoms with Gasteiger partial charge in [0, 0.05) is 27.1 Å². The van der Waals surface area contributed by atoms with Crippen LogP contribution in [-0.4, -0.2) is 49.1 Å². The lowest BCUT2D eigenvalue weighted by Crippen LogP contribution is -2.38. The molecule has 7 heteroatoms. The number of nitrogens with zero attached hydrogens (tertiary/aromatic N) is 3. The average molecular weight is 268 g/mol. The van der Waals surface area contributed by atoms with Crippen LogP contribution < -0.4 is 15.0 Å². The number of rotatable bonds is 4. The molecule has 2 rings (SSSR count). The van der Waals surface area contributed by atoms with Crippen LogP contribution in [-0.2, 0) is 23.1 Å². The average Bonchev–Trinajstić information content (AvgIpc) is 2.73. The summed E-state index contributed by atoms with van der Waals surface area (Å²) < 4.78 is 12.4. The van der Waals surface area contributed by atoms with Crippen molar-refractivity contribution in [2.75, 3.05) is 38.3 Å². The first-order valence-electron chi connectivity index (χ1n) is 6.30. The van der Waals surface area contributed by atoms with Crippen LogP contribution in [0.25, 0.3) is 0 Å². The Kier molecular flexibility index (Phi) is 4.26. The Hall–Kier alpha value is -1.76. The number of aromatic nitrogens is 2. The Morgan fingerprint density at radius 2 is 2.16 bits per heavy atom. The topological polar surface area (TPSA) is 68.6 Å². The highest BCUT2D eigenvalue weighted by Gasteiger charge is 2.23. The van der Waals surface area contributed by atoms with Gasteiger partial charge in [0.15, 0.2) is 0 Å². The zero-order valence-electron chi connectivity index (χ0n) is 11.6. The van der Waals surface area contributed by atoms with Crippen molar-refractivity contribution >= 4 is 11.7 Å². The van der Waals surface area contributed by atoms with Gasteiger partial charge in [-0.05, 0) is 0 Å². The van der Waals surface area contributed by atoms with E-state index in [0.29, 0.717) is 25.6 Å². The van der Waals surface area contributed by atoms with Gasteiger partial charge in [0.2, 0.25) is 11.8 Å². The Bertz CT molecular complexity index is 452. The Balaban J connectivity index is 2.28. The Labute approximate surface area is 112 Å². The van der Waals surface area contributed by atoms with Crippen molar-refractivity contribution in [1.82, 2.24) is 15.1 Å².